The van der Waals surface area contributed by atoms with E-state index in [9.17, 15) is 0 Å². The zero-order valence-electron chi connectivity index (χ0n) is 7.95. The fourth-order valence-electron chi connectivity index (χ4n) is 1.26. The van der Waals surface area contributed by atoms with Crippen LogP contribution in [0, 0.1) is 6.92 Å². The van der Waals surface area contributed by atoms with Gasteiger partial charge in [0.25, 0.3) is 0 Å². The molecule has 0 bridgehead atoms. The lowest BCUT2D eigenvalue weighted by atomic mass is 10.2. The molecule has 74 valence electrons. The number of aromatic nitrogens is 3. The Morgan fingerprint density at radius 3 is 3.00 bits per heavy atom. The van der Waals surface area contributed by atoms with Crippen molar-refractivity contribution in [2.45, 2.75) is 13.3 Å². The highest BCUT2D eigenvalue weighted by Crippen LogP contribution is 2.18. The van der Waals surface area contributed by atoms with Gasteiger partial charge in [0.05, 0.1) is 5.69 Å². The standard InChI is InChI=1S/C9H12N4O/c1-6-4-9(14-13-6)8-5-7(2-3-10)11-12-8/h4-5H,2-3,10H2,1H3,(H,11,12). The van der Waals surface area contributed by atoms with Crippen LogP contribution < -0.4 is 5.73 Å². The van der Waals surface area contributed by atoms with E-state index in [-0.39, 0.29) is 0 Å². The second-order valence-corrected chi connectivity index (χ2v) is 3.15. The molecule has 5 nitrogen and oxygen atoms in total. The molecule has 2 rings (SSSR count). The second kappa shape index (κ2) is 3.63. The lowest BCUT2D eigenvalue weighted by molar-refractivity contribution is 0.426. The molecule has 0 spiro atoms. The molecule has 0 atom stereocenters. The Labute approximate surface area is 81.3 Å². The quantitative estimate of drug-likeness (QED) is 0.756. The summed E-state index contributed by atoms with van der Waals surface area (Å²) in [7, 11) is 0. The highest BCUT2D eigenvalue weighted by Gasteiger charge is 2.08. The van der Waals surface area contributed by atoms with Crippen LogP contribution in [0.5, 0.6) is 0 Å². The normalized spacial score (nSPS) is 10.7. The SMILES string of the molecule is Cc1cc(-c2cc(CCN)[nH]n2)on1. The largest absolute Gasteiger partial charge is 0.354 e. The van der Waals surface area contributed by atoms with Gasteiger partial charge < -0.3 is 10.3 Å². The van der Waals surface area contributed by atoms with Crippen LogP contribution in [0.25, 0.3) is 11.5 Å². The first-order valence-corrected chi connectivity index (χ1v) is 4.47. The molecule has 0 aromatic carbocycles. The van der Waals surface area contributed by atoms with E-state index in [1.807, 2.05) is 19.1 Å². The fourth-order valence-corrected chi connectivity index (χ4v) is 1.26. The van der Waals surface area contributed by atoms with E-state index in [1.165, 1.54) is 0 Å². The van der Waals surface area contributed by atoms with Crippen molar-refractivity contribution >= 4 is 0 Å². The van der Waals surface area contributed by atoms with Crippen molar-refractivity contribution in [3.05, 3.63) is 23.5 Å². The zero-order chi connectivity index (χ0) is 9.97. The average Bonchev–Trinajstić information content (AvgIpc) is 2.74. The molecule has 2 aromatic heterocycles. The van der Waals surface area contributed by atoms with E-state index in [2.05, 4.69) is 15.4 Å². The molecule has 5 heteroatoms. The van der Waals surface area contributed by atoms with Gasteiger partial charge in [-0.25, -0.2) is 0 Å². The van der Waals surface area contributed by atoms with Gasteiger partial charge in [0.15, 0.2) is 5.76 Å². The number of nitrogens with two attached hydrogens (primary N) is 1. The Morgan fingerprint density at radius 2 is 2.36 bits per heavy atom. The van der Waals surface area contributed by atoms with Gasteiger partial charge in [-0.15, -0.1) is 0 Å². The summed E-state index contributed by atoms with van der Waals surface area (Å²) in [5.74, 6) is 0.682. The molecule has 0 saturated heterocycles. The van der Waals surface area contributed by atoms with Gasteiger partial charge in [0.2, 0.25) is 0 Å². The van der Waals surface area contributed by atoms with Crippen molar-refractivity contribution in [2.24, 2.45) is 5.73 Å². The van der Waals surface area contributed by atoms with Gasteiger partial charge in [-0.1, -0.05) is 5.16 Å². The third kappa shape index (κ3) is 1.67. The van der Waals surface area contributed by atoms with Crippen molar-refractivity contribution in [1.82, 2.24) is 15.4 Å². The van der Waals surface area contributed by atoms with Crippen molar-refractivity contribution in [3.63, 3.8) is 0 Å². The third-order valence-corrected chi connectivity index (χ3v) is 1.93. The lowest BCUT2D eigenvalue weighted by Crippen LogP contribution is -2.02. The van der Waals surface area contributed by atoms with Gasteiger partial charge in [-0.3, -0.25) is 5.10 Å². The highest BCUT2D eigenvalue weighted by atomic mass is 16.5. The van der Waals surface area contributed by atoms with Crippen molar-refractivity contribution in [2.75, 3.05) is 6.54 Å². The summed E-state index contributed by atoms with van der Waals surface area (Å²) in [5, 5.41) is 10.8. The van der Waals surface area contributed by atoms with Crippen LogP contribution in [-0.4, -0.2) is 21.9 Å². The number of hydrogen-bond acceptors (Lipinski definition) is 4. The summed E-state index contributed by atoms with van der Waals surface area (Å²) in [4.78, 5) is 0. The predicted molar refractivity (Wildman–Crippen MR) is 51.6 cm³/mol. The smallest absolute Gasteiger partial charge is 0.187 e. The van der Waals surface area contributed by atoms with E-state index in [1.54, 1.807) is 0 Å². The Morgan fingerprint density at radius 1 is 1.50 bits per heavy atom. The molecule has 0 unspecified atom stereocenters. The Balaban J connectivity index is 2.24. The van der Waals surface area contributed by atoms with Gasteiger partial charge >= 0.3 is 0 Å². The average molecular weight is 192 g/mol. The first kappa shape index (κ1) is 8.96. The van der Waals surface area contributed by atoms with Crippen LogP contribution in [0.15, 0.2) is 16.7 Å². The molecule has 0 fully saturated rings. The molecule has 3 N–H and O–H groups in total. The van der Waals surface area contributed by atoms with Gasteiger partial charge in [0, 0.05) is 18.2 Å². The predicted octanol–water partition coefficient (Wildman–Crippen LogP) is 0.874. The maximum atomic E-state index is 5.43. The first-order valence-electron chi connectivity index (χ1n) is 4.47. The zero-order valence-corrected chi connectivity index (χ0v) is 7.95. The number of H-pyrrole nitrogens is 1. The summed E-state index contributed by atoms with van der Waals surface area (Å²) in [6.07, 6.45) is 0.792. The molecular weight excluding hydrogens is 180 g/mol. The number of nitrogens with zero attached hydrogens (tertiary/aromatic N) is 2. The minimum atomic E-state index is 0.608. The second-order valence-electron chi connectivity index (χ2n) is 3.15. The van der Waals surface area contributed by atoms with Crippen molar-refractivity contribution < 1.29 is 4.52 Å². The minimum absolute atomic E-state index is 0.608. The van der Waals surface area contributed by atoms with Crippen molar-refractivity contribution in [1.29, 1.82) is 0 Å². The van der Waals surface area contributed by atoms with E-state index in [0.29, 0.717) is 12.3 Å². The van der Waals surface area contributed by atoms with Crippen LogP contribution in [0.4, 0.5) is 0 Å². The monoisotopic (exact) mass is 192 g/mol. The van der Waals surface area contributed by atoms with Crippen LogP contribution in [0.2, 0.25) is 0 Å². The van der Waals surface area contributed by atoms with E-state index in [0.717, 1.165) is 23.5 Å². The summed E-state index contributed by atoms with van der Waals surface area (Å²) in [6, 6.07) is 3.77. The molecule has 0 aliphatic heterocycles. The van der Waals surface area contributed by atoms with Gasteiger partial charge in [-0.2, -0.15) is 5.10 Å². The molecule has 0 saturated carbocycles. The van der Waals surface area contributed by atoms with Gasteiger partial charge in [0.1, 0.15) is 5.69 Å². The molecule has 0 radical (unpaired) electrons. The highest BCUT2D eigenvalue weighted by molar-refractivity contribution is 5.52. The molecule has 0 aliphatic carbocycles. The molecule has 14 heavy (non-hydrogen) atoms. The Hall–Kier alpha value is -1.62. The Kier molecular flexibility index (Phi) is 2.32. The fraction of sp³-hybridized carbons (Fsp3) is 0.333. The molecule has 2 aromatic rings. The van der Waals surface area contributed by atoms with Crippen LogP contribution in [0.1, 0.15) is 11.4 Å². The molecular formula is C9H12N4O. The van der Waals surface area contributed by atoms with Crippen LogP contribution in [0.3, 0.4) is 0 Å². The molecule has 0 aliphatic rings. The number of rotatable bonds is 3. The van der Waals surface area contributed by atoms with E-state index >= 15 is 0 Å². The van der Waals surface area contributed by atoms with E-state index < -0.39 is 0 Å². The summed E-state index contributed by atoms with van der Waals surface area (Å²) in [6.45, 7) is 2.48. The van der Waals surface area contributed by atoms with Crippen molar-refractivity contribution in [3.8, 4) is 11.5 Å². The number of nitrogens with one attached hydrogen (secondary N) is 1. The van der Waals surface area contributed by atoms with Gasteiger partial charge in [-0.05, 0) is 19.5 Å². The Bertz CT molecular complexity index is 418. The third-order valence-electron chi connectivity index (χ3n) is 1.93. The first-order chi connectivity index (χ1) is 6.79. The summed E-state index contributed by atoms with van der Waals surface area (Å²) < 4.78 is 5.08. The van der Waals surface area contributed by atoms with Crippen LogP contribution in [-0.2, 0) is 6.42 Å². The van der Waals surface area contributed by atoms with E-state index in [4.69, 9.17) is 10.3 Å². The minimum Gasteiger partial charge on any atom is -0.354 e. The molecule has 0 amide bonds. The number of aromatic amines is 1. The molecule has 2 heterocycles. The topological polar surface area (TPSA) is 80.7 Å². The van der Waals surface area contributed by atoms with Crippen LogP contribution >= 0.6 is 0 Å². The summed E-state index contributed by atoms with van der Waals surface area (Å²) >= 11 is 0. The number of aryl methyl sites for hydroxylation is 1. The number of hydrogen-bond donors (Lipinski definition) is 2. The lowest BCUT2D eigenvalue weighted by Gasteiger charge is -1.87. The maximum Gasteiger partial charge on any atom is 0.187 e. The summed E-state index contributed by atoms with van der Waals surface area (Å²) in [5.41, 5.74) is 8.06. The maximum absolute atomic E-state index is 5.43.